The molecule has 0 bridgehead atoms. The van der Waals surface area contributed by atoms with Crippen LogP contribution in [-0.2, 0) is 45.7 Å². The molecule has 1 aliphatic rings. The highest BCUT2D eigenvalue weighted by Crippen LogP contribution is 2.47. The number of imidazole rings is 1. The maximum Gasteiger partial charge on any atom is 0.282 e. The van der Waals surface area contributed by atoms with Gasteiger partial charge in [-0.3, -0.25) is 5.04 Å². The SMILES string of the molecule is O=S(=O)([O-])c1ccccc1CN1C(=CC=Cc2n(Cc3ccccc3SOO[O-])c3cc(Cl)c(Cl)cc3[n+]2Cc2ccccc2)N(Cc2ccccc2)c2cc(Cl)c(Cl)cc21. The average molecular weight is 932 g/mol. The maximum atomic E-state index is 12.5. The van der Waals surface area contributed by atoms with E-state index < -0.39 is 10.1 Å². The van der Waals surface area contributed by atoms with Crippen molar-refractivity contribution in [2.75, 3.05) is 9.80 Å². The summed E-state index contributed by atoms with van der Waals surface area (Å²) in [4.78, 5) is 4.35. The van der Waals surface area contributed by atoms with Gasteiger partial charge in [0.05, 0.1) is 54.9 Å². The molecule has 310 valence electrons. The Bertz CT molecular complexity index is 2920. The average Bonchev–Trinajstić information content (AvgIpc) is 3.66. The largest absolute Gasteiger partial charge is 0.744 e. The fraction of sp³-hybridized carbons (Fsp3) is 0.0889. The number of fused-ring (bicyclic) bond motifs is 2. The monoisotopic (exact) mass is 929 g/mol. The van der Waals surface area contributed by atoms with Crippen LogP contribution in [0.15, 0.2) is 161 Å². The Morgan fingerprint density at radius 3 is 1.92 bits per heavy atom. The predicted octanol–water partition coefficient (Wildman–Crippen LogP) is 10.4. The number of benzene rings is 6. The van der Waals surface area contributed by atoms with Gasteiger partial charge in [0, 0.05) is 35.2 Å². The van der Waals surface area contributed by atoms with E-state index in [2.05, 4.69) is 19.1 Å². The van der Waals surface area contributed by atoms with E-state index in [1.807, 2.05) is 120 Å². The minimum Gasteiger partial charge on any atom is -0.744 e. The molecule has 0 atom stereocenters. The normalized spacial score (nSPS) is 13.6. The lowest BCUT2D eigenvalue weighted by Gasteiger charge is -2.26. The van der Waals surface area contributed by atoms with Crippen molar-refractivity contribution in [3.05, 3.63) is 200 Å². The van der Waals surface area contributed by atoms with Crippen molar-refractivity contribution in [3.63, 3.8) is 0 Å². The second-order valence-corrected chi connectivity index (χ2v) is 17.7. The zero-order chi connectivity index (χ0) is 42.7. The maximum absolute atomic E-state index is 12.5. The summed E-state index contributed by atoms with van der Waals surface area (Å²) in [6, 6.07) is 40.7. The first kappa shape index (κ1) is 42.8. The molecule has 10 nitrogen and oxygen atoms in total. The van der Waals surface area contributed by atoms with E-state index in [0.717, 1.165) is 51.3 Å². The molecule has 6 aromatic carbocycles. The fourth-order valence-corrected chi connectivity index (χ4v) is 9.27. The van der Waals surface area contributed by atoms with Gasteiger partial charge in [-0.1, -0.05) is 150 Å². The zero-order valence-corrected chi connectivity index (χ0v) is 36.5. The Balaban J connectivity index is 1.33. The van der Waals surface area contributed by atoms with E-state index in [0.29, 0.717) is 61.7 Å². The van der Waals surface area contributed by atoms with Crippen molar-refractivity contribution < 1.29 is 32.2 Å². The van der Waals surface area contributed by atoms with Crippen molar-refractivity contribution in [2.24, 2.45) is 0 Å². The van der Waals surface area contributed by atoms with E-state index in [4.69, 9.17) is 50.7 Å². The van der Waals surface area contributed by atoms with Gasteiger partial charge in [0.2, 0.25) is 0 Å². The first-order valence-corrected chi connectivity index (χ1v) is 22.3. The summed E-state index contributed by atoms with van der Waals surface area (Å²) in [5.41, 5.74) is 6.18. The molecule has 16 heteroatoms. The van der Waals surface area contributed by atoms with Crippen LogP contribution in [0.5, 0.6) is 0 Å². The molecule has 61 heavy (non-hydrogen) atoms. The number of anilines is 2. The molecule has 0 aliphatic carbocycles. The van der Waals surface area contributed by atoms with Crippen LogP contribution in [0, 0.1) is 0 Å². The Morgan fingerprint density at radius 1 is 0.672 bits per heavy atom. The molecular formula is C45H33Cl4N4O6S2-. The molecule has 2 heterocycles. The van der Waals surface area contributed by atoms with Gasteiger partial charge in [-0.15, -0.1) is 0 Å². The summed E-state index contributed by atoms with van der Waals surface area (Å²) in [5.74, 6) is 1.42. The summed E-state index contributed by atoms with van der Waals surface area (Å²) in [7, 11) is -4.82. The topological polar surface area (TPSA) is 114 Å². The van der Waals surface area contributed by atoms with Crippen molar-refractivity contribution in [2.45, 2.75) is 36.0 Å². The van der Waals surface area contributed by atoms with Crippen LogP contribution in [0.4, 0.5) is 11.4 Å². The summed E-state index contributed by atoms with van der Waals surface area (Å²) in [6.07, 6.45) is 5.82. The summed E-state index contributed by atoms with van der Waals surface area (Å²) < 4.78 is 46.5. The fourth-order valence-electron chi connectivity index (χ4n) is 7.46. The number of nitrogens with zero attached hydrogens (tertiary/aromatic N) is 4. The number of rotatable bonds is 14. The van der Waals surface area contributed by atoms with E-state index in [1.165, 1.54) is 12.1 Å². The van der Waals surface area contributed by atoms with Crippen LogP contribution in [0.25, 0.3) is 17.1 Å². The molecule has 0 spiro atoms. The lowest BCUT2D eigenvalue weighted by Crippen LogP contribution is -2.37. The molecule has 8 rings (SSSR count). The van der Waals surface area contributed by atoms with Crippen LogP contribution in [0.1, 0.15) is 28.1 Å². The Morgan fingerprint density at radius 2 is 1.25 bits per heavy atom. The van der Waals surface area contributed by atoms with Gasteiger partial charge in [-0.25, -0.2) is 17.6 Å². The lowest BCUT2D eigenvalue weighted by molar-refractivity contribution is -0.777. The van der Waals surface area contributed by atoms with Crippen LogP contribution < -0.4 is 19.6 Å². The Hall–Kier alpha value is -4.83. The molecule has 0 amide bonds. The number of hydrogen-bond acceptors (Lipinski definition) is 9. The summed E-state index contributed by atoms with van der Waals surface area (Å²) >= 11 is 27.5. The van der Waals surface area contributed by atoms with Crippen molar-refractivity contribution in [3.8, 4) is 0 Å². The number of halogens is 4. The van der Waals surface area contributed by atoms with Gasteiger partial charge in [-0.05, 0) is 47.0 Å². The second kappa shape index (κ2) is 18.6. The lowest BCUT2D eigenvalue weighted by atomic mass is 10.2. The third-order valence-corrected chi connectivity index (χ3v) is 13.3. The number of aromatic nitrogens is 2. The van der Waals surface area contributed by atoms with Crippen LogP contribution in [-0.4, -0.2) is 17.5 Å². The highest BCUT2D eigenvalue weighted by molar-refractivity contribution is 7.94. The number of hydrogen-bond donors (Lipinski definition) is 0. The summed E-state index contributed by atoms with van der Waals surface area (Å²) in [5, 5.41) is 15.9. The quantitative estimate of drug-likeness (QED) is 0.0346. The van der Waals surface area contributed by atoms with Crippen molar-refractivity contribution >= 4 is 97.0 Å². The van der Waals surface area contributed by atoms with Gasteiger partial charge in [-0.2, -0.15) is 4.33 Å². The van der Waals surface area contributed by atoms with Crippen LogP contribution >= 0.6 is 58.4 Å². The van der Waals surface area contributed by atoms with Gasteiger partial charge in [0.15, 0.2) is 11.0 Å². The Kier molecular flexibility index (Phi) is 13.1. The van der Waals surface area contributed by atoms with Crippen molar-refractivity contribution in [1.82, 2.24) is 4.57 Å². The minimum absolute atomic E-state index is 0.0163. The van der Waals surface area contributed by atoms with Gasteiger partial charge in [0.25, 0.3) is 5.82 Å². The van der Waals surface area contributed by atoms with Crippen molar-refractivity contribution in [1.29, 1.82) is 0 Å². The van der Waals surface area contributed by atoms with Crippen LogP contribution in [0.2, 0.25) is 20.1 Å². The molecule has 0 saturated heterocycles. The van der Waals surface area contributed by atoms with Gasteiger partial charge >= 0.3 is 0 Å². The smallest absolute Gasteiger partial charge is 0.282 e. The molecule has 0 saturated carbocycles. The van der Waals surface area contributed by atoms with E-state index in [1.54, 1.807) is 24.3 Å². The van der Waals surface area contributed by atoms with E-state index in [-0.39, 0.29) is 11.4 Å². The second-order valence-electron chi connectivity index (χ2n) is 14.0. The van der Waals surface area contributed by atoms with Gasteiger partial charge < -0.3 is 19.6 Å². The minimum atomic E-state index is -4.82. The van der Waals surface area contributed by atoms with Gasteiger partial charge in [0.1, 0.15) is 29.0 Å². The molecule has 0 radical (unpaired) electrons. The molecule has 0 unspecified atom stereocenters. The standard InChI is InChI=1S/C45H34Cl4N4O6S2/c46-34-22-38-40(24-36(34)48)52(28-32-16-7-9-18-42(32)60-59-58-54)44(50(38)26-30-12-3-1-4-13-30)20-11-21-45-51(27-31-14-5-2-6-15-31)39-23-35(47)37(49)25-41(39)53(45)29-33-17-8-10-19-43(33)61(55,56)57/h1-25H,26-29H2,(H-,54,55,56,57)/p-1. The third-order valence-electron chi connectivity index (χ3n) is 10.2. The zero-order valence-electron chi connectivity index (χ0n) is 31.8. The highest BCUT2D eigenvalue weighted by Gasteiger charge is 2.33. The van der Waals surface area contributed by atoms with E-state index in [9.17, 15) is 18.2 Å². The first-order chi connectivity index (χ1) is 29.5. The highest BCUT2D eigenvalue weighted by atomic mass is 35.5. The third kappa shape index (κ3) is 9.35. The predicted molar refractivity (Wildman–Crippen MR) is 238 cm³/mol. The first-order valence-electron chi connectivity index (χ1n) is 18.7. The van der Waals surface area contributed by atoms with Crippen LogP contribution in [0.3, 0.4) is 0 Å². The molecule has 7 aromatic rings. The molecule has 1 aromatic heterocycles. The molecular weight excluding hydrogens is 898 g/mol. The Labute approximate surface area is 376 Å². The van der Waals surface area contributed by atoms with E-state index >= 15 is 0 Å². The summed E-state index contributed by atoms with van der Waals surface area (Å²) in [6.45, 7) is 1.23. The molecule has 0 fully saturated rings. The number of allylic oxidation sites excluding steroid dienone is 2. The molecule has 0 N–H and O–H groups in total. The molecule has 1 aliphatic heterocycles.